The summed E-state index contributed by atoms with van der Waals surface area (Å²) in [6.45, 7) is 2.39. The van der Waals surface area contributed by atoms with E-state index >= 15 is 0 Å². The van der Waals surface area contributed by atoms with Crippen LogP contribution in [-0.4, -0.2) is 31.1 Å². The summed E-state index contributed by atoms with van der Waals surface area (Å²) in [6.07, 6.45) is 3.83. The van der Waals surface area contributed by atoms with Gasteiger partial charge >= 0.3 is 0 Å². The normalized spacial score (nSPS) is 18.0. The molecule has 2 N–H and O–H groups in total. The Morgan fingerprint density at radius 1 is 1.08 bits per heavy atom. The van der Waals surface area contributed by atoms with Crippen molar-refractivity contribution in [2.24, 2.45) is 4.99 Å². The van der Waals surface area contributed by atoms with Crippen LogP contribution in [0, 0.1) is 0 Å². The van der Waals surface area contributed by atoms with E-state index in [4.69, 9.17) is 21.3 Å². The summed E-state index contributed by atoms with van der Waals surface area (Å²) in [5.41, 5.74) is 3.16. The summed E-state index contributed by atoms with van der Waals surface area (Å²) >= 11 is 6.26. The van der Waals surface area contributed by atoms with Gasteiger partial charge in [-0.1, -0.05) is 41.9 Å². The highest BCUT2D eigenvalue weighted by Crippen LogP contribution is 2.37. The molecule has 2 aromatic rings. The first-order valence-corrected chi connectivity index (χ1v) is 9.66. The lowest BCUT2D eigenvalue weighted by atomic mass is 9.86. The number of hydrogen-bond acceptors (Lipinski definition) is 4. The van der Waals surface area contributed by atoms with E-state index in [2.05, 4.69) is 34.9 Å². The van der Waals surface area contributed by atoms with Crippen molar-refractivity contribution in [2.45, 2.75) is 31.2 Å². The molecule has 0 radical (unpaired) electrons. The number of halogens is 1. The zero-order valence-corrected chi connectivity index (χ0v) is 15.6. The van der Waals surface area contributed by atoms with Gasteiger partial charge in [0.2, 0.25) is 0 Å². The predicted molar refractivity (Wildman–Crippen MR) is 108 cm³/mol. The second-order valence-electron chi connectivity index (χ2n) is 6.92. The van der Waals surface area contributed by atoms with Crippen molar-refractivity contribution in [3.05, 3.63) is 59.1 Å². The second kappa shape index (κ2) is 7.68. The van der Waals surface area contributed by atoms with Gasteiger partial charge < -0.3 is 15.4 Å². The number of ether oxygens (including phenoxy) is 1. The van der Waals surface area contributed by atoms with Crippen molar-refractivity contribution in [3.63, 3.8) is 0 Å². The van der Waals surface area contributed by atoms with E-state index in [0.29, 0.717) is 0 Å². The lowest BCUT2D eigenvalue weighted by molar-refractivity contribution is 0.0771. The number of para-hydroxylation sites is 2. The molecule has 0 unspecified atom stereocenters. The van der Waals surface area contributed by atoms with Gasteiger partial charge in [-0.25, -0.2) is 4.99 Å². The molecular weight excluding hydrogens is 346 g/mol. The van der Waals surface area contributed by atoms with E-state index in [1.54, 1.807) is 0 Å². The highest BCUT2D eigenvalue weighted by atomic mass is 35.5. The minimum absolute atomic E-state index is 0.142. The maximum atomic E-state index is 6.26. The number of benzene rings is 2. The number of anilines is 1. The fraction of sp³-hybridized carbons (Fsp3) is 0.381. The minimum Gasteiger partial charge on any atom is -0.381 e. The number of amidine groups is 1. The molecule has 2 aromatic carbocycles. The van der Waals surface area contributed by atoms with E-state index in [1.807, 2.05) is 24.3 Å². The van der Waals surface area contributed by atoms with E-state index in [9.17, 15) is 0 Å². The molecule has 1 fully saturated rings. The van der Waals surface area contributed by atoms with Crippen molar-refractivity contribution >= 4 is 28.8 Å². The average molecular weight is 370 g/mol. The minimum atomic E-state index is -0.142. The van der Waals surface area contributed by atoms with Crippen LogP contribution in [0.2, 0.25) is 5.02 Å². The summed E-state index contributed by atoms with van der Waals surface area (Å²) in [5, 5.41) is 8.18. The number of aryl methyl sites for hydroxylation is 1. The largest absolute Gasteiger partial charge is 0.381 e. The van der Waals surface area contributed by atoms with Crippen LogP contribution in [0.3, 0.4) is 0 Å². The van der Waals surface area contributed by atoms with Gasteiger partial charge in [-0.2, -0.15) is 0 Å². The molecule has 0 bridgehead atoms. The van der Waals surface area contributed by atoms with E-state index < -0.39 is 0 Å². The third-order valence-electron chi connectivity index (χ3n) is 5.18. The number of rotatable bonds is 4. The van der Waals surface area contributed by atoms with Crippen LogP contribution in [0.5, 0.6) is 0 Å². The molecule has 4 rings (SSSR count). The molecule has 0 saturated carbocycles. The van der Waals surface area contributed by atoms with Gasteiger partial charge in [-0.05, 0) is 36.6 Å². The number of fused-ring (bicyclic) bond motifs is 1. The van der Waals surface area contributed by atoms with Crippen molar-refractivity contribution in [1.82, 2.24) is 5.32 Å². The fourth-order valence-electron chi connectivity index (χ4n) is 3.70. The first-order chi connectivity index (χ1) is 12.8. The summed E-state index contributed by atoms with van der Waals surface area (Å²) in [7, 11) is 0. The Morgan fingerprint density at radius 2 is 1.85 bits per heavy atom. The van der Waals surface area contributed by atoms with Crippen LogP contribution >= 0.6 is 11.6 Å². The second-order valence-corrected chi connectivity index (χ2v) is 7.33. The van der Waals surface area contributed by atoms with Crippen molar-refractivity contribution in [3.8, 4) is 0 Å². The Kier molecular flexibility index (Phi) is 5.14. The third kappa shape index (κ3) is 3.57. The highest BCUT2D eigenvalue weighted by Gasteiger charge is 2.40. The molecule has 4 nitrogen and oxygen atoms in total. The van der Waals surface area contributed by atoms with Crippen LogP contribution in [-0.2, 0) is 11.2 Å². The Bertz CT molecular complexity index is 799. The maximum absolute atomic E-state index is 6.26. The molecule has 2 heterocycles. The predicted octanol–water partition coefficient (Wildman–Crippen LogP) is 4.57. The van der Waals surface area contributed by atoms with E-state index in [-0.39, 0.29) is 5.54 Å². The molecule has 0 aliphatic carbocycles. The number of nitrogens with zero attached hydrogens (tertiary/aromatic N) is 1. The van der Waals surface area contributed by atoms with Crippen molar-refractivity contribution < 1.29 is 4.74 Å². The van der Waals surface area contributed by atoms with E-state index in [1.165, 1.54) is 5.56 Å². The highest BCUT2D eigenvalue weighted by molar-refractivity contribution is 6.31. The zero-order chi connectivity index (χ0) is 17.8. The number of nitrogens with one attached hydrogen (secondary N) is 2. The Hall–Kier alpha value is -2.04. The maximum Gasteiger partial charge on any atom is 0.128 e. The smallest absolute Gasteiger partial charge is 0.128 e. The monoisotopic (exact) mass is 369 g/mol. The van der Waals surface area contributed by atoms with Gasteiger partial charge in [0.15, 0.2) is 0 Å². The number of aliphatic imine (C=N–C) groups is 1. The van der Waals surface area contributed by atoms with Crippen molar-refractivity contribution in [1.29, 1.82) is 0 Å². The molecule has 5 heteroatoms. The first-order valence-electron chi connectivity index (χ1n) is 9.28. The summed E-state index contributed by atoms with van der Waals surface area (Å²) in [4.78, 5) is 4.95. The lowest BCUT2D eigenvalue weighted by Gasteiger charge is -2.42. The van der Waals surface area contributed by atoms with Crippen LogP contribution in [0.1, 0.15) is 24.8 Å². The van der Waals surface area contributed by atoms with Crippen LogP contribution < -0.4 is 10.6 Å². The van der Waals surface area contributed by atoms with Crippen LogP contribution in [0.25, 0.3) is 0 Å². The molecule has 26 heavy (non-hydrogen) atoms. The standard InChI is InChI=1S/C21H24ClN3O/c22-17-8-2-1-6-16(17)7-5-13-23-20-21(11-14-26-15-12-21)25-19-10-4-3-9-18(19)24-20/h1-4,6,8-10,25H,5,7,11-15H2,(H,23,24). The molecule has 2 aliphatic heterocycles. The summed E-state index contributed by atoms with van der Waals surface area (Å²) < 4.78 is 5.59. The number of hydrogen-bond donors (Lipinski definition) is 2. The van der Waals surface area contributed by atoms with Crippen LogP contribution in [0.15, 0.2) is 53.5 Å². The lowest BCUT2D eigenvalue weighted by Crippen LogP contribution is -2.57. The molecule has 2 aliphatic rings. The molecule has 0 atom stereocenters. The van der Waals surface area contributed by atoms with Gasteiger partial charge in [0.25, 0.3) is 0 Å². The van der Waals surface area contributed by atoms with E-state index in [0.717, 1.165) is 67.7 Å². The molecule has 1 spiro atoms. The SMILES string of the molecule is Clc1ccccc1CCCNC1=Nc2ccccc2NC12CCOCC2. The Morgan fingerprint density at radius 3 is 2.69 bits per heavy atom. The Labute approximate surface area is 159 Å². The van der Waals surface area contributed by atoms with Gasteiger partial charge in [0, 0.05) is 37.6 Å². The molecule has 0 aromatic heterocycles. The van der Waals surface area contributed by atoms with Gasteiger partial charge in [0.05, 0.1) is 16.9 Å². The zero-order valence-electron chi connectivity index (χ0n) is 14.8. The summed E-state index contributed by atoms with van der Waals surface area (Å²) in [5.74, 6) is 1.04. The quantitative estimate of drug-likeness (QED) is 0.776. The van der Waals surface area contributed by atoms with Crippen molar-refractivity contribution in [2.75, 3.05) is 25.1 Å². The third-order valence-corrected chi connectivity index (χ3v) is 5.55. The average Bonchev–Trinajstić information content (AvgIpc) is 2.67. The van der Waals surface area contributed by atoms with Crippen LogP contribution in [0.4, 0.5) is 11.4 Å². The van der Waals surface area contributed by atoms with Gasteiger partial charge in [0.1, 0.15) is 5.84 Å². The molecule has 0 amide bonds. The Balaban J connectivity index is 1.46. The topological polar surface area (TPSA) is 45.7 Å². The first kappa shape index (κ1) is 17.4. The van der Waals surface area contributed by atoms with Gasteiger partial charge in [-0.15, -0.1) is 0 Å². The molecule has 136 valence electrons. The molecule has 1 saturated heterocycles. The van der Waals surface area contributed by atoms with Gasteiger partial charge in [-0.3, -0.25) is 0 Å². The fourth-order valence-corrected chi connectivity index (χ4v) is 3.93. The summed E-state index contributed by atoms with van der Waals surface area (Å²) in [6, 6.07) is 16.3. The molecular formula is C21H24ClN3O.